The number of hydroxylamine groups is 1. The highest BCUT2D eigenvalue weighted by Crippen LogP contribution is 2.38. The number of nitrogens with zero attached hydrogens (tertiary/aromatic N) is 4. The lowest BCUT2D eigenvalue weighted by molar-refractivity contribution is -0.132. The molecule has 0 aromatic heterocycles. The second-order valence-corrected chi connectivity index (χ2v) is 9.66. The number of piperazine rings is 1. The molecule has 2 aromatic rings. The lowest BCUT2D eigenvalue weighted by Gasteiger charge is -2.38. The summed E-state index contributed by atoms with van der Waals surface area (Å²) in [5.74, 6) is 0.641. The second-order valence-electron chi connectivity index (χ2n) is 9.66. The van der Waals surface area contributed by atoms with Crippen LogP contribution in [0.4, 0.5) is 17.1 Å². The van der Waals surface area contributed by atoms with Gasteiger partial charge in [-0.25, -0.2) is 0 Å². The molecule has 3 heterocycles. The van der Waals surface area contributed by atoms with Gasteiger partial charge in [0, 0.05) is 58.6 Å². The van der Waals surface area contributed by atoms with Gasteiger partial charge in [-0.05, 0) is 48.7 Å². The normalized spacial score (nSPS) is 20.3. The van der Waals surface area contributed by atoms with Crippen molar-refractivity contribution in [2.24, 2.45) is 0 Å². The minimum Gasteiger partial charge on any atom is -0.478 e. The number of aryl methyl sites for hydroxylation is 1. The van der Waals surface area contributed by atoms with E-state index in [0.717, 1.165) is 94.7 Å². The summed E-state index contributed by atoms with van der Waals surface area (Å²) < 4.78 is 17.1. The van der Waals surface area contributed by atoms with Crippen LogP contribution in [0, 0.1) is 0 Å². The number of carbonyl (C=O) groups excluding carboxylic acids is 1. The van der Waals surface area contributed by atoms with Crippen molar-refractivity contribution in [1.82, 2.24) is 4.90 Å². The van der Waals surface area contributed by atoms with Crippen LogP contribution in [0.2, 0.25) is 0 Å². The van der Waals surface area contributed by atoms with Crippen LogP contribution in [0.25, 0.3) is 0 Å². The quantitative estimate of drug-likeness (QED) is 0.502. The first kappa shape index (κ1) is 25.8. The van der Waals surface area contributed by atoms with Crippen LogP contribution in [0.3, 0.4) is 0 Å². The van der Waals surface area contributed by atoms with E-state index in [0.29, 0.717) is 12.1 Å². The maximum atomic E-state index is 13.6. The Bertz CT molecular complexity index is 1040. The first-order valence-electron chi connectivity index (χ1n) is 13.2. The van der Waals surface area contributed by atoms with Crippen molar-refractivity contribution in [3.63, 3.8) is 0 Å². The highest BCUT2D eigenvalue weighted by atomic mass is 16.7. The molecule has 5 rings (SSSR count). The molecule has 3 aliphatic rings. The fraction of sp³-hybridized carbons (Fsp3) is 0.536. The van der Waals surface area contributed by atoms with E-state index in [1.807, 2.05) is 24.3 Å². The van der Waals surface area contributed by atoms with Crippen molar-refractivity contribution in [2.45, 2.75) is 18.9 Å². The summed E-state index contributed by atoms with van der Waals surface area (Å²) in [6.07, 6.45) is 0.808. The summed E-state index contributed by atoms with van der Waals surface area (Å²) in [7, 11) is 3.27. The van der Waals surface area contributed by atoms with Gasteiger partial charge in [-0.2, -0.15) is 5.06 Å². The van der Waals surface area contributed by atoms with E-state index in [2.05, 4.69) is 32.9 Å². The van der Waals surface area contributed by atoms with E-state index in [9.17, 15) is 4.79 Å². The first-order valence-corrected chi connectivity index (χ1v) is 13.2. The van der Waals surface area contributed by atoms with Gasteiger partial charge in [0.1, 0.15) is 5.75 Å². The van der Waals surface area contributed by atoms with E-state index in [4.69, 9.17) is 19.0 Å². The molecule has 0 saturated carbocycles. The largest absolute Gasteiger partial charge is 0.478 e. The van der Waals surface area contributed by atoms with Crippen molar-refractivity contribution in [1.29, 1.82) is 0 Å². The zero-order valence-electron chi connectivity index (χ0n) is 21.9. The number of methoxy groups -OCH3 is 1. The molecule has 3 aliphatic heterocycles. The number of hydrogen-bond donors (Lipinski definition) is 0. The summed E-state index contributed by atoms with van der Waals surface area (Å²) in [5.41, 5.74) is 4.03. The molecule has 37 heavy (non-hydrogen) atoms. The van der Waals surface area contributed by atoms with Crippen LogP contribution in [-0.2, 0) is 25.5 Å². The highest BCUT2D eigenvalue weighted by molar-refractivity contribution is 5.95. The van der Waals surface area contributed by atoms with Gasteiger partial charge < -0.3 is 24.0 Å². The Hall–Kier alpha value is -2.85. The van der Waals surface area contributed by atoms with Gasteiger partial charge in [0.25, 0.3) is 5.91 Å². The number of benzene rings is 2. The summed E-state index contributed by atoms with van der Waals surface area (Å²) >= 11 is 0. The fourth-order valence-electron chi connectivity index (χ4n) is 5.32. The van der Waals surface area contributed by atoms with Gasteiger partial charge in [-0.3, -0.25) is 14.5 Å². The van der Waals surface area contributed by atoms with Crippen LogP contribution in [0.15, 0.2) is 42.5 Å². The Labute approximate surface area is 219 Å². The fourth-order valence-corrected chi connectivity index (χ4v) is 5.32. The molecule has 0 radical (unpaired) electrons. The van der Waals surface area contributed by atoms with Gasteiger partial charge in [-0.15, -0.1) is 0 Å². The van der Waals surface area contributed by atoms with Crippen molar-refractivity contribution in [2.75, 3.05) is 94.7 Å². The molecule has 0 spiro atoms. The van der Waals surface area contributed by atoms with Crippen molar-refractivity contribution >= 4 is 23.0 Å². The van der Waals surface area contributed by atoms with E-state index in [1.54, 1.807) is 7.11 Å². The van der Waals surface area contributed by atoms with Gasteiger partial charge in [0.05, 0.1) is 38.3 Å². The van der Waals surface area contributed by atoms with Crippen LogP contribution in [0.1, 0.15) is 12.0 Å². The number of fused-ring (bicyclic) bond motifs is 1. The average Bonchev–Trinajstić information content (AvgIpc) is 2.97. The predicted octanol–water partition coefficient (Wildman–Crippen LogP) is 2.58. The van der Waals surface area contributed by atoms with E-state index in [1.165, 1.54) is 12.2 Å². The lowest BCUT2D eigenvalue weighted by Crippen LogP contribution is -2.48. The zero-order chi connectivity index (χ0) is 25.6. The third kappa shape index (κ3) is 5.85. The standard InChI is InChI=1S/C28H38N4O5/c1-34-19-16-29-12-14-31(15-13-29)25-5-3-4-22-6-11-26(37-27(22)25)28(33)32(35-2)24-9-7-23(8-10-24)30-17-20-36-21-18-30/h3-5,7-10,26H,6,11-21H2,1-2H3. The number of amides is 1. The number of rotatable bonds is 8. The summed E-state index contributed by atoms with van der Waals surface area (Å²) in [6.45, 7) is 8.69. The Balaban J connectivity index is 1.27. The number of anilines is 3. The maximum Gasteiger partial charge on any atom is 0.291 e. The molecular weight excluding hydrogens is 472 g/mol. The summed E-state index contributed by atoms with van der Waals surface area (Å²) in [6, 6.07) is 14.2. The van der Waals surface area contributed by atoms with Crippen molar-refractivity contribution < 1.29 is 23.8 Å². The number of ether oxygens (including phenoxy) is 3. The minimum atomic E-state index is -0.601. The molecule has 9 nitrogen and oxygen atoms in total. The maximum absolute atomic E-state index is 13.6. The molecule has 9 heteroatoms. The monoisotopic (exact) mass is 510 g/mol. The Morgan fingerprint density at radius 2 is 1.73 bits per heavy atom. The molecule has 2 saturated heterocycles. The van der Waals surface area contributed by atoms with Gasteiger partial charge in [0.2, 0.25) is 0 Å². The van der Waals surface area contributed by atoms with Crippen molar-refractivity contribution in [3.05, 3.63) is 48.0 Å². The first-order chi connectivity index (χ1) is 18.2. The van der Waals surface area contributed by atoms with Crippen LogP contribution in [-0.4, -0.2) is 96.8 Å². The van der Waals surface area contributed by atoms with E-state index >= 15 is 0 Å². The molecule has 200 valence electrons. The van der Waals surface area contributed by atoms with Crippen molar-refractivity contribution in [3.8, 4) is 5.75 Å². The molecule has 1 unspecified atom stereocenters. The molecule has 1 atom stereocenters. The molecule has 2 aromatic carbocycles. The van der Waals surface area contributed by atoms with E-state index < -0.39 is 6.10 Å². The van der Waals surface area contributed by atoms with Gasteiger partial charge in [0.15, 0.2) is 6.10 Å². The number of para-hydroxylation sites is 1. The van der Waals surface area contributed by atoms with Crippen LogP contribution >= 0.6 is 0 Å². The van der Waals surface area contributed by atoms with Crippen LogP contribution < -0.4 is 19.6 Å². The summed E-state index contributed by atoms with van der Waals surface area (Å²) in [5, 5.41) is 1.36. The number of morpholine rings is 1. The smallest absolute Gasteiger partial charge is 0.291 e. The molecule has 2 fully saturated rings. The molecule has 0 bridgehead atoms. The highest BCUT2D eigenvalue weighted by Gasteiger charge is 2.33. The third-order valence-electron chi connectivity index (χ3n) is 7.46. The van der Waals surface area contributed by atoms with Gasteiger partial charge >= 0.3 is 0 Å². The van der Waals surface area contributed by atoms with Gasteiger partial charge in [-0.1, -0.05) is 12.1 Å². The zero-order valence-corrected chi connectivity index (χ0v) is 21.9. The minimum absolute atomic E-state index is 0.188. The number of carbonyl (C=O) groups is 1. The van der Waals surface area contributed by atoms with Crippen LogP contribution in [0.5, 0.6) is 5.75 Å². The lowest BCUT2D eigenvalue weighted by atomic mass is 10.00. The third-order valence-corrected chi connectivity index (χ3v) is 7.46. The number of hydrogen-bond acceptors (Lipinski definition) is 8. The molecule has 0 aliphatic carbocycles. The predicted molar refractivity (Wildman–Crippen MR) is 144 cm³/mol. The Morgan fingerprint density at radius 3 is 2.43 bits per heavy atom. The average molecular weight is 511 g/mol. The topological polar surface area (TPSA) is 67.0 Å². The molecule has 0 N–H and O–H groups in total. The molecular formula is C28H38N4O5. The molecule has 1 amide bonds. The Kier molecular flexibility index (Phi) is 8.45. The second kappa shape index (κ2) is 12.1. The van der Waals surface area contributed by atoms with E-state index in [-0.39, 0.29) is 5.91 Å². The Morgan fingerprint density at radius 1 is 0.973 bits per heavy atom. The SMILES string of the molecule is COCCN1CCN(c2cccc3c2OC(C(=O)N(OC)c2ccc(N4CCOCC4)cc2)CC3)CC1. The summed E-state index contributed by atoms with van der Waals surface area (Å²) in [4.78, 5) is 26.2.